The number of rotatable bonds is 5. The van der Waals surface area contributed by atoms with Crippen LogP contribution in [0.5, 0.6) is 0 Å². The molecular weight excluding hydrogens is 296 g/mol. The normalized spacial score (nSPS) is 17.3. The summed E-state index contributed by atoms with van der Waals surface area (Å²) < 4.78 is 2.25. The van der Waals surface area contributed by atoms with Crippen LogP contribution in [-0.4, -0.2) is 22.4 Å². The van der Waals surface area contributed by atoms with Crippen LogP contribution in [0.25, 0.3) is 0 Å². The summed E-state index contributed by atoms with van der Waals surface area (Å²) in [5.74, 6) is 0.608. The molecule has 1 unspecified atom stereocenters. The van der Waals surface area contributed by atoms with E-state index >= 15 is 0 Å². The Balaban J connectivity index is 2.21. The van der Waals surface area contributed by atoms with Gasteiger partial charge in [-0.2, -0.15) is 5.10 Å². The Morgan fingerprint density at radius 2 is 2.39 bits per heavy atom. The number of halogens is 1. The minimum absolute atomic E-state index is 0.0635. The van der Waals surface area contributed by atoms with Gasteiger partial charge in [0.2, 0.25) is 0 Å². The molecule has 1 aromatic heterocycles. The third-order valence-corrected chi connectivity index (χ3v) is 4.00. The van der Waals surface area contributed by atoms with Crippen LogP contribution in [0.1, 0.15) is 26.2 Å². The summed E-state index contributed by atoms with van der Waals surface area (Å²) in [5.41, 5.74) is 6.05. The van der Waals surface area contributed by atoms with Crippen LogP contribution in [0.4, 0.5) is 5.69 Å². The van der Waals surface area contributed by atoms with Crippen molar-refractivity contribution in [2.24, 2.45) is 11.7 Å². The van der Waals surface area contributed by atoms with Crippen molar-refractivity contribution in [1.29, 1.82) is 0 Å². The van der Waals surface area contributed by atoms with Gasteiger partial charge in [-0.25, -0.2) is 4.68 Å². The Morgan fingerprint density at radius 1 is 1.67 bits per heavy atom. The molecule has 1 saturated carbocycles. The average molecular weight is 315 g/mol. The molecule has 0 aliphatic heterocycles. The molecule has 0 spiro atoms. The van der Waals surface area contributed by atoms with Gasteiger partial charge in [0.25, 0.3) is 5.56 Å². The maximum absolute atomic E-state index is 12.3. The highest BCUT2D eigenvalue weighted by molar-refractivity contribution is 9.10. The van der Waals surface area contributed by atoms with Crippen LogP contribution in [-0.2, 0) is 6.54 Å². The molecule has 2 rings (SSSR count). The monoisotopic (exact) mass is 314 g/mol. The van der Waals surface area contributed by atoms with Gasteiger partial charge in [0.05, 0.1) is 10.7 Å². The van der Waals surface area contributed by atoms with Crippen LogP contribution < -0.4 is 16.6 Å². The third kappa shape index (κ3) is 2.92. The summed E-state index contributed by atoms with van der Waals surface area (Å²) in [6.07, 6.45) is 5.34. The molecule has 0 saturated heterocycles. The maximum Gasteiger partial charge on any atom is 0.291 e. The van der Waals surface area contributed by atoms with E-state index in [1.807, 2.05) is 6.92 Å². The van der Waals surface area contributed by atoms with Gasteiger partial charge in [-0.05, 0) is 41.6 Å². The molecule has 1 aromatic rings. The van der Waals surface area contributed by atoms with E-state index in [0.717, 1.165) is 6.54 Å². The number of aromatic nitrogens is 2. The summed E-state index contributed by atoms with van der Waals surface area (Å²) in [4.78, 5) is 12.3. The van der Waals surface area contributed by atoms with E-state index in [9.17, 15) is 4.79 Å². The van der Waals surface area contributed by atoms with Crippen molar-refractivity contribution in [2.45, 2.75) is 38.8 Å². The molecule has 100 valence electrons. The van der Waals surface area contributed by atoms with Crippen molar-refractivity contribution in [2.75, 3.05) is 11.9 Å². The first kappa shape index (κ1) is 13.5. The minimum Gasteiger partial charge on any atom is -0.376 e. The van der Waals surface area contributed by atoms with Crippen molar-refractivity contribution in [1.82, 2.24) is 9.78 Å². The second-order valence-corrected chi connectivity index (χ2v) is 5.79. The molecule has 5 nitrogen and oxygen atoms in total. The molecule has 1 atom stereocenters. The van der Waals surface area contributed by atoms with E-state index in [2.05, 4.69) is 26.3 Å². The van der Waals surface area contributed by atoms with Crippen LogP contribution in [0.2, 0.25) is 0 Å². The summed E-state index contributed by atoms with van der Waals surface area (Å²) in [5, 5.41) is 7.31. The Labute approximate surface area is 115 Å². The summed E-state index contributed by atoms with van der Waals surface area (Å²) in [6.45, 7) is 3.15. The first-order valence-electron chi connectivity index (χ1n) is 6.34. The number of nitrogens with two attached hydrogens (primary N) is 1. The Hall–Kier alpha value is -0.880. The van der Waals surface area contributed by atoms with Crippen molar-refractivity contribution < 1.29 is 0 Å². The first-order chi connectivity index (χ1) is 8.61. The van der Waals surface area contributed by atoms with E-state index in [-0.39, 0.29) is 11.6 Å². The summed E-state index contributed by atoms with van der Waals surface area (Å²) >= 11 is 3.36. The lowest BCUT2D eigenvalue weighted by Crippen LogP contribution is -2.34. The fourth-order valence-corrected chi connectivity index (χ4v) is 2.33. The lowest BCUT2D eigenvalue weighted by molar-refractivity contribution is 0.262. The number of nitrogens with one attached hydrogen (secondary N) is 1. The topological polar surface area (TPSA) is 72.9 Å². The Bertz CT molecular complexity index is 470. The largest absolute Gasteiger partial charge is 0.376 e. The molecule has 1 fully saturated rings. The lowest BCUT2D eigenvalue weighted by Gasteiger charge is -2.25. The van der Waals surface area contributed by atoms with Gasteiger partial charge in [0.15, 0.2) is 0 Å². The molecular formula is C12H19BrN4O. The predicted molar refractivity (Wildman–Crippen MR) is 75.7 cm³/mol. The van der Waals surface area contributed by atoms with E-state index in [0.29, 0.717) is 22.6 Å². The fourth-order valence-electron chi connectivity index (χ4n) is 1.95. The van der Waals surface area contributed by atoms with Crippen LogP contribution in [0, 0.1) is 5.92 Å². The molecule has 1 heterocycles. The average Bonchev–Trinajstić information content (AvgIpc) is 2.31. The number of anilines is 1. The summed E-state index contributed by atoms with van der Waals surface area (Å²) in [6, 6.07) is 0.0635. The van der Waals surface area contributed by atoms with Gasteiger partial charge in [0, 0.05) is 19.1 Å². The smallest absolute Gasteiger partial charge is 0.291 e. The van der Waals surface area contributed by atoms with Crippen LogP contribution >= 0.6 is 15.9 Å². The fraction of sp³-hybridized carbons (Fsp3) is 0.667. The second-order valence-electron chi connectivity index (χ2n) is 4.93. The maximum atomic E-state index is 12.3. The quantitative estimate of drug-likeness (QED) is 0.865. The minimum atomic E-state index is -0.0726. The van der Waals surface area contributed by atoms with Crippen LogP contribution in [0.3, 0.4) is 0 Å². The van der Waals surface area contributed by atoms with Crippen LogP contribution in [0.15, 0.2) is 15.5 Å². The van der Waals surface area contributed by atoms with Crippen molar-refractivity contribution in [3.8, 4) is 0 Å². The Kier molecular flexibility index (Phi) is 4.40. The highest BCUT2D eigenvalue weighted by Crippen LogP contribution is 2.27. The highest BCUT2D eigenvalue weighted by Gasteiger charge is 2.20. The zero-order valence-electron chi connectivity index (χ0n) is 10.5. The number of nitrogens with zero attached hydrogens (tertiary/aromatic N) is 2. The molecule has 3 N–H and O–H groups in total. The molecule has 0 amide bonds. The predicted octanol–water partition coefficient (Wildman–Crippen LogP) is 1.57. The highest BCUT2D eigenvalue weighted by atomic mass is 79.9. The van der Waals surface area contributed by atoms with Crippen molar-refractivity contribution in [3.63, 3.8) is 0 Å². The second kappa shape index (κ2) is 5.84. The molecule has 1 aliphatic carbocycles. The van der Waals surface area contributed by atoms with Gasteiger partial charge < -0.3 is 11.1 Å². The first-order valence-corrected chi connectivity index (χ1v) is 7.13. The standard InChI is InChI=1S/C12H19BrN4O/c1-8(5-14)16-11-10(13)6-15-17(12(11)18)7-9-3-2-4-9/h6,8-9,16H,2-5,7,14H2,1H3. The molecule has 1 aliphatic rings. The van der Waals surface area contributed by atoms with Crippen molar-refractivity contribution in [3.05, 3.63) is 21.0 Å². The van der Waals surface area contributed by atoms with E-state index < -0.39 is 0 Å². The molecule has 0 aromatic carbocycles. The molecule has 0 radical (unpaired) electrons. The van der Waals surface area contributed by atoms with E-state index in [1.54, 1.807) is 10.9 Å². The Morgan fingerprint density at radius 3 is 2.94 bits per heavy atom. The van der Waals surface area contributed by atoms with Gasteiger partial charge in [-0.3, -0.25) is 4.79 Å². The number of hydrogen-bond acceptors (Lipinski definition) is 4. The van der Waals surface area contributed by atoms with Gasteiger partial charge in [-0.15, -0.1) is 0 Å². The molecule has 18 heavy (non-hydrogen) atoms. The van der Waals surface area contributed by atoms with Crippen molar-refractivity contribution >= 4 is 21.6 Å². The zero-order valence-corrected chi connectivity index (χ0v) is 12.1. The van der Waals surface area contributed by atoms with Gasteiger partial charge >= 0.3 is 0 Å². The van der Waals surface area contributed by atoms with E-state index in [1.165, 1.54) is 19.3 Å². The third-order valence-electron chi connectivity index (χ3n) is 3.40. The number of hydrogen-bond donors (Lipinski definition) is 2. The lowest BCUT2D eigenvalue weighted by atomic mass is 9.85. The summed E-state index contributed by atoms with van der Waals surface area (Å²) in [7, 11) is 0. The SMILES string of the molecule is CC(CN)Nc1c(Br)cnn(CC2CCC2)c1=O. The van der Waals surface area contributed by atoms with E-state index in [4.69, 9.17) is 5.73 Å². The molecule has 0 bridgehead atoms. The van der Waals surface area contributed by atoms with Gasteiger partial charge in [0.1, 0.15) is 5.69 Å². The zero-order chi connectivity index (χ0) is 13.1. The van der Waals surface area contributed by atoms with Gasteiger partial charge in [-0.1, -0.05) is 6.42 Å². The molecule has 6 heteroatoms.